The predicted octanol–water partition coefficient (Wildman–Crippen LogP) is 0.884. The molecule has 10 heteroatoms. The molecule has 0 aliphatic heterocycles. The van der Waals surface area contributed by atoms with Crippen LogP contribution < -0.4 is 5.73 Å². The van der Waals surface area contributed by atoms with E-state index in [1.54, 1.807) is 4.68 Å². The average molecular weight is 370 g/mol. The first-order chi connectivity index (χ1) is 11.7. The van der Waals surface area contributed by atoms with Gasteiger partial charge < -0.3 is 20.4 Å². The van der Waals surface area contributed by atoms with E-state index in [2.05, 4.69) is 32.3 Å². The van der Waals surface area contributed by atoms with Gasteiger partial charge in [-0.15, -0.1) is 17.5 Å². The van der Waals surface area contributed by atoms with Crippen molar-refractivity contribution in [2.24, 2.45) is 5.73 Å². The first-order valence-electron chi connectivity index (χ1n) is 8.20. The van der Waals surface area contributed by atoms with Crippen LogP contribution in [0.3, 0.4) is 0 Å². The Morgan fingerprint density at radius 1 is 1.16 bits per heavy atom. The van der Waals surface area contributed by atoms with E-state index in [1.807, 2.05) is 18.2 Å². The van der Waals surface area contributed by atoms with Crippen LogP contribution in [-0.4, -0.2) is 44.2 Å². The minimum Gasteiger partial charge on any atom is -0.402 e. The number of nitrogens with two attached hydrogens (primary N) is 1. The molecule has 0 aliphatic rings. The second-order valence-corrected chi connectivity index (χ2v) is 5.65. The summed E-state index contributed by atoms with van der Waals surface area (Å²) in [4.78, 5) is 0. The summed E-state index contributed by atoms with van der Waals surface area (Å²) >= 11 is 0. The molecule has 138 valence electrons. The highest BCUT2D eigenvalue weighted by Crippen LogP contribution is 2.14. The number of benzene rings is 1. The average Bonchev–Trinajstić information content (AvgIpc) is 3.04. The Hall–Kier alpha value is -1.52. The number of nitrogens with zero attached hydrogens (tertiary/aromatic N) is 4. The van der Waals surface area contributed by atoms with Crippen LogP contribution in [0.1, 0.15) is 43.1 Å². The van der Waals surface area contributed by atoms with Crippen molar-refractivity contribution < 1.29 is 14.7 Å². The number of unbranched alkanes of at least 4 members (excludes halogenated alkanes) is 1. The minimum absolute atomic E-state index is 0. The van der Waals surface area contributed by atoms with Crippen molar-refractivity contribution in [2.75, 3.05) is 6.61 Å². The van der Waals surface area contributed by atoms with Gasteiger partial charge in [-0.25, -0.2) is 4.68 Å². The SMILES string of the molecule is Cl.NC(CCCCOB(O)O)c1nnnn1CCCc1ccccc1. The number of aryl methyl sites for hydroxylation is 2. The number of tetrazole rings is 1. The Morgan fingerprint density at radius 3 is 2.64 bits per heavy atom. The maximum Gasteiger partial charge on any atom is 0.633 e. The number of hydrogen-bond acceptors (Lipinski definition) is 7. The first kappa shape index (κ1) is 21.5. The summed E-state index contributed by atoms with van der Waals surface area (Å²) in [6.07, 6.45) is 4.11. The fraction of sp³-hybridized carbons (Fsp3) is 0.533. The lowest BCUT2D eigenvalue weighted by atomic mass is 10.1. The third kappa shape index (κ3) is 7.93. The summed E-state index contributed by atoms with van der Waals surface area (Å²) in [6, 6.07) is 10.1. The van der Waals surface area contributed by atoms with Crippen LogP contribution >= 0.6 is 12.4 Å². The zero-order valence-electron chi connectivity index (χ0n) is 14.1. The molecule has 1 atom stereocenters. The highest BCUT2D eigenvalue weighted by atomic mass is 35.5. The van der Waals surface area contributed by atoms with Crippen molar-refractivity contribution in [3.63, 3.8) is 0 Å². The molecule has 0 spiro atoms. The molecule has 1 unspecified atom stereocenters. The molecular formula is C15H25BClN5O3. The van der Waals surface area contributed by atoms with Gasteiger partial charge in [-0.2, -0.15) is 0 Å². The van der Waals surface area contributed by atoms with E-state index >= 15 is 0 Å². The number of halogens is 1. The van der Waals surface area contributed by atoms with E-state index in [1.165, 1.54) is 5.56 Å². The van der Waals surface area contributed by atoms with Gasteiger partial charge in [-0.05, 0) is 48.1 Å². The molecule has 25 heavy (non-hydrogen) atoms. The van der Waals surface area contributed by atoms with Gasteiger partial charge in [-0.1, -0.05) is 30.3 Å². The number of aromatic nitrogens is 4. The predicted molar refractivity (Wildman–Crippen MR) is 96.8 cm³/mol. The molecular weight excluding hydrogens is 344 g/mol. The van der Waals surface area contributed by atoms with Gasteiger partial charge in [0.25, 0.3) is 0 Å². The Bertz CT molecular complexity index is 588. The van der Waals surface area contributed by atoms with Gasteiger partial charge in [0, 0.05) is 13.2 Å². The molecule has 0 radical (unpaired) electrons. The van der Waals surface area contributed by atoms with Gasteiger partial charge in [0.1, 0.15) is 0 Å². The first-order valence-corrected chi connectivity index (χ1v) is 8.20. The highest BCUT2D eigenvalue weighted by Gasteiger charge is 2.15. The van der Waals surface area contributed by atoms with E-state index in [0.717, 1.165) is 25.8 Å². The summed E-state index contributed by atoms with van der Waals surface area (Å²) in [5, 5.41) is 29.0. The van der Waals surface area contributed by atoms with Crippen LogP contribution in [0.5, 0.6) is 0 Å². The van der Waals surface area contributed by atoms with Crippen molar-refractivity contribution in [3.05, 3.63) is 41.7 Å². The maximum absolute atomic E-state index is 8.59. The fourth-order valence-electron chi connectivity index (χ4n) is 2.50. The molecule has 0 bridgehead atoms. The van der Waals surface area contributed by atoms with Crippen LogP contribution in [0.2, 0.25) is 0 Å². The van der Waals surface area contributed by atoms with Crippen LogP contribution in [0.25, 0.3) is 0 Å². The summed E-state index contributed by atoms with van der Waals surface area (Å²) in [7, 11) is -1.71. The fourth-order valence-corrected chi connectivity index (χ4v) is 2.50. The van der Waals surface area contributed by atoms with Crippen LogP contribution in [-0.2, 0) is 17.6 Å². The van der Waals surface area contributed by atoms with Crippen LogP contribution in [0.4, 0.5) is 0 Å². The molecule has 0 saturated heterocycles. The Labute approximate surface area is 154 Å². The lowest BCUT2D eigenvalue weighted by molar-refractivity contribution is 0.181. The van der Waals surface area contributed by atoms with Crippen LogP contribution in [0.15, 0.2) is 30.3 Å². The van der Waals surface area contributed by atoms with Crippen molar-refractivity contribution in [3.8, 4) is 0 Å². The lowest BCUT2D eigenvalue weighted by Gasteiger charge is -2.11. The summed E-state index contributed by atoms with van der Waals surface area (Å²) in [6.45, 7) is 1.01. The molecule has 0 fully saturated rings. The second-order valence-electron chi connectivity index (χ2n) is 5.65. The van der Waals surface area contributed by atoms with Gasteiger partial charge in [0.2, 0.25) is 0 Å². The van der Waals surface area contributed by atoms with Crippen molar-refractivity contribution in [2.45, 2.75) is 44.7 Å². The lowest BCUT2D eigenvalue weighted by Crippen LogP contribution is -2.19. The standard InChI is InChI=1S/C15H24BN5O3.ClH/c17-14(10-4-5-12-24-16(22)23)15-18-19-20-21(15)11-6-9-13-7-2-1-3-8-13;/h1-3,7-8,14,22-23H,4-6,9-12,17H2;1H. The van der Waals surface area contributed by atoms with E-state index in [0.29, 0.717) is 18.7 Å². The summed E-state index contributed by atoms with van der Waals surface area (Å²) in [5.74, 6) is 0.686. The Kier molecular flexibility index (Phi) is 10.3. The topological polar surface area (TPSA) is 119 Å². The largest absolute Gasteiger partial charge is 0.633 e. The normalized spacial score (nSPS) is 11.8. The second kappa shape index (κ2) is 11.9. The molecule has 2 rings (SSSR count). The van der Waals surface area contributed by atoms with Gasteiger partial charge in [0.15, 0.2) is 5.82 Å². The van der Waals surface area contributed by atoms with Gasteiger partial charge in [0.05, 0.1) is 6.04 Å². The maximum atomic E-state index is 8.59. The molecule has 8 nitrogen and oxygen atoms in total. The minimum atomic E-state index is -1.71. The van der Waals surface area contributed by atoms with E-state index in [-0.39, 0.29) is 25.1 Å². The third-order valence-corrected chi connectivity index (χ3v) is 3.75. The Balaban J connectivity index is 0.00000312. The third-order valence-electron chi connectivity index (χ3n) is 3.75. The molecule has 0 amide bonds. The van der Waals surface area contributed by atoms with Gasteiger partial charge >= 0.3 is 7.32 Å². The Morgan fingerprint density at radius 2 is 1.92 bits per heavy atom. The van der Waals surface area contributed by atoms with Gasteiger partial charge in [-0.3, -0.25) is 0 Å². The zero-order valence-corrected chi connectivity index (χ0v) is 14.9. The summed E-state index contributed by atoms with van der Waals surface area (Å²) in [5.41, 5.74) is 7.46. The highest BCUT2D eigenvalue weighted by molar-refractivity contribution is 6.32. The zero-order chi connectivity index (χ0) is 17.2. The molecule has 1 aromatic carbocycles. The molecule has 4 N–H and O–H groups in total. The molecule has 2 aromatic rings. The quantitative estimate of drug-likeness (QED) is 0.397. The van der Waals surface area contributed by atoms with E-state index in [9.17, 15) is 0 Å². The molecule has 1 aromatic heterocycles. The van der Waals surface area contributed by atoms with Crippen molar-refractivity contribution in [1.29, 1.82) is 0 Å². The molecule has 0 aliphatic carbocycles. The monoisotopic (exact) mass is 369 g/mol. The van der Waals surface area contributed by atoms with Crippen LogP contribution in [0, 0.1) is 0 Å². The van der Waals surface area contributed by atoms with Crippen molar-refractivity contribution >= 4 is 19.7 Å². The van der Waals surface area contributed by atoms with Crippen molar-refractivity contribution in [1.82, 2.24) is 20.2 Å². The number of hydrogen-bond donors (Lipinski definition) is 3. The smallest absolute Gasteiger partial charge is 0.402 e. The number of rotatable bonds is 11. The van der Waals surface area contributed by atoms with E-state index < -0.39 is 7.32 Å². The molecule has 1 heterocycles. The molecule has 0 saturated carbocycles. The van der Waals surface area contributed by atoms with E-state index in [4.69, 9.17) is 15.8 Å². The summed E-state index contributed by atoms with van der Waals surface area (Å²) < 4.78 is 6.42.